The fourth-order valence-corrected chi connectivity index (χ4v) is 5.17. The Bertz CT molecular complexity index is 1330. The zero-order valence-electron chi connectivity index (χ0n) is 16.7. The van der Waals surface area contributed by atoms with Crippen molar-refractivity contribution < 1.29 is 9.53 Å². The SMILES string of the molecule is CCOC(=O)CSc1nc2c(sc(=S)n2Cc2ccccc2)c(=O)n1-c1ccccc1. The third kappa shape index (κ3) is 4.63. The Balaban J connectivity index is 1.87. The first-order valence-corrected chi connectivity index (χ1v) is 11.8. The van der Waals surface area contributed by atoms with Gasteiger partial charge in [-0.2, -0.15) is 0 Å². The number of hydrogen-bond acceptors (Lipinski definition) is 7. The third-order valence-electron chi connectivity index (χ3n) is 4.48. The molecule has 158 valence electrons. The smallest absolute Gasteiger partial charge is 0.316 e. The van der Waals surface area contributed by atoms with Crippen molar-refractivity contribution in [1.82, 2.24) is 14.1 Å². The summed E-state index contributed by atoms with van der Waals surface area (Å²) in [6.07, 6.45) is 0. The molecule has 0 radical (unpaired) electrons. The fourth-order valence-electron chi connectivity index (χ4n) is 3.11. The number of fused-ring (bicyclic) bond motifs is 1. The number of rotatable bonds is 7. The Labute approximate surface area is 192 Å². The molecule has 0 amide bonds. The standard InChI is InChI=1S/C22H19N3O3S3/c1-2-28-17(26)14-30-21-23-19-18(20(27)25(21)16-11-7-4-8-12-16)31-22(29)24(19)13-15-9-5-3-6-10-15/h3-12H,2,13-14H2,1H3. The average molecular weight is 470 g/mol. The lowest BCUT2D eigenvalue weighted by Crippen LogP contribution is -2.22. The quantitative estimate of drug-likeness (QED) is 0.169. The van der Waals surface area contributed by atoms with Gasteiger partial charge < -0.3 is 9.30 Å². The maximum atomic E-state index is 13.5. The topological polar surface area (TPSA) is 66.1 Å². The van der Waals surface area contributed by atoms with E-state index in [0.29, 0.717) is 38.3 Å². The maximum Gasteiger partial charge on any atom is 0.316 e. The highest BCUT2D eigenvalue weighted by Crippen LogP contribution is 2.25. The highest BCUT2D eigenvalue weighted by atomic mass is 32.2. The molecule has 9 heteroatoms. The minimum absolute atomic E-state index is 0.0577. The van der Waals surface area contributed by atoms with Crippen LogP contribution in [0.2, 0.25) is 0 Å². The molecule has 0 bridgehead atoms. The molecule has 4 rings (SSSR count). The van der Waals surface area contributed by atoms with Gasteiger partial charge in [0.2, 0.25) is 0 Å². The molecule has 0 saturated carbocycles. The van der Waals surface area contributed by atoms with Gasteiger partial charge in [-0.15, -0.1) is 0 Å². The molecule has 0 atom stereocenters. The van der Waals surface area contributed by atoms with E-state index in [1.54, 1.807) is 6.92 Å². The number of benzene rings is 2. The van der Waals surface area contributed by atoms with Crippen molar-refractivity contribution >= 4 is 51.6 Å². The van der Waals surface area contributed by atoms with Crippen LogP contribution >= 0.6 is 35.3 Å². The summed E-state index contributed by atoms with van der Waals surface area (Å²) in [5.74, 6) is -0.296. The second kappa shape index (κ2) is 9.59. The van der Waals surface area contributed by atoms with Crippen molar-refractivity contribution in [3.8, 4) is 5.69 Å². The lowest BCUT2D eigenvalue weighted by molar-refractivity contribution is -0.139. The summed E-state index contributed by atoms with van der Waals surface area (Å²) in [5.41, 5.74) is 2.07. The number of carbonyl (C=O) groups excluding carboxylic acids is 1. The number of thioether (sulfide) groups is 1. The maximum absolute atomic E-state index is 13.5. The zero-order chi connectivity index (χ0) is 21.8. The molecule has 4 aromatic rings. The molecule has 31 heavy (non-hydrogen) atoms. The molecule has 0 unspecified atom stereocenters. The minimum Gasteiger partial charge on any atom is -0.465 e. The van der Waals surface area contributed by atoms with Crippen molar-refractivity contribution in [1.29, 1.82) is 0 Å². The molecular formula is C22H19N3O3S3. The Morgan fingerprint density at radius 2 is 1.81 bits per heavy atom. The van der Waals surface area contributed by atoms with Gasteiger partial charge in [0.05, 0.1) is 24.6 Å². The highest BCUT2D eigenvalue weighted by Gasteiger charge is 2.19. The largest absolute Gasteiger partial charge is 0.465 e. The van der Waals surface area contributed by atoms with Crippen LogP contribution in [0.4, 0.5) is 0 Å². The molecule has 0 aliphatic carbocycles. The Morgan fingerprint density at radius 3 is 2.48 bits per heavy atom. The van der Waals surface area contributed by atoms with Crippen molar-refractivity contribution in [3.63, 3.8) is 0 Å². The van der Waals surface area contributed by atoms with E-state index in [4.69, 9.17) is 21.9 Å². The Morgan fingerprint density at radius 1 is 1.13 bits per heavy atom. The van der Waals surface area contributed by atoms with E-state index in [2.05, 4.69) is 0 Å². The van der Waals surface area contributed by atoms with Gasteiger partial charge in [-0.25, -0.2) is 4.98 Å². The zero-order valence-corrected chi connectivity index (χ0v) is 19.1. The molecule has 0 N–H and O–H groups in total. The predicted octanol–water partition coefficient (Wildman–Crippen LogP) is 4.68. The van der Waals surface area contributed by atoms with Crippen LogP contribution in [0, 0.1) is 3.95 Å². The first-order chi connectivity index (χ1) is 15.1. The number of carbonyl (C=O) groups is 1. The molecule has 6 nitrogen and oxygen atoms in total. The van der Waals surface area contributed by atoms with Crippen LogP contribution in [0.1, 0.15) is 12.5 Å². The molecule has 0 spiro atoms. The van der Waals surface area contributed by atoms with Crippen molar-refractivity contribution in [2.24, 2.45) is 0 Å². The lowest BCUT2D eigenvalue weighted by atomic mass is 10.2. The van der Waals surface area contributed by atoms with Crippen LogP contribution in [0.3, 0.4) is 0 Å². The molecule has 0 saturated heterocycles. The van der Waals surface area contributed by atoms with E-state index in [1.807, 2.05) is 65.2 Å². The van der Waals surface area contributed by atoms with E-state index in [-0.39, 0.29) is 17.3 Å². The van der Waals surface area contributed by atoms with Crippen molar-refractivity contribution in [2.45, 2.75) is 18.6 Å². The summed E-state index contributed by atoms with van der Waals surface area (Å²) in [6.45, 7) is 2.58. The number of esters is 1. The van der Waals surface area contributed by atoms with Gasteiger partial charge in [0.1, 0.15) is 4.70 Å². The summed E-state index contributed by atoms with van der Waals surface area (Å²) >= 11 is 8.00. The molecule has 2 aromatic carbocycles. The van der Waals surface area contributed by atoms with E-state index in [0.717, 1.165) is 5.56 Å². The van der Waals surface area contributed by atoms with Gasteiger partial charge in [0.15, 0.2) is 14.8 Å². The van der Waals surface area contributed by atoms with Crippen LogP contribution in [0.15, 0.2) is 70.6 Å². The number of nitrogens with zero attached hydrogens (tertiary/aromatic N) is 3. The highest BCUT2D eigenvalue weighted by molar-refractivity contribution is 7.99. The van der Waals surface area contributed by atoms with Crippen LogP contribution < -0.4 is 5.56 Å². The second-order valence-electron chi connectivity index (χ2n) is 6.56. The Hall–Kier alpha value is -2.75. The summed E-state index contributed by atoms with van der Waals surface area (Å²) in [6, 6.07) is 19.2. The molecule has 0 aliphatic heterocycles. The van der Waals surface area contributed by atoms with E-state index < -0.39 is 0 Å². The summed E-state index contributed by atoms with van der Waals surface area (Å²) < 4.78 is 9.51. The summed E-state index contributed by atoms with van der Waals surface area (Å²) in [5, 5.41) is 0.423. The number of hydrogen-bond donors (Lipinski definition) is 0. The number of ether oxygens (including phenoxy) is 1. The van der Waals surface area contributed by atoms with Crippen LogP contribution in [-0.2, 0) is 16.1 Å². The van der Waals surface area contributed by atoms with E-state index in [1.165, 1.54) is 27.7 Å². The molecule has 2 heterocycles. The van der Waals surface area contributed by atoms with Crippen LogP contribution in [-0.4, -0.2) is 32.4 Å². The van der Waals surface area contributed by atoms with E-state index >= 15 is 0 Å². The van der Waals surface area contributed by atoms with Gasteiger partial charge >= 0.3 is 5.97 Å². The minimum atomic E-state index is -0.354. The van der Waals surface area contributed by atoms with Gasteiger partial charge in [0, 0.05) is 0 Å². The van der Waals surface area contributed by atoms with Gasteiger partial charge in [-0.3, -0.25) is 14.2 Å². The van der Waals surface area contributed by atoms with Crippen LogP contribution in [0.5, 0.6) is 0 Å². The lowest BCUT2D eigenvalue weighted by Gasteiger charge is -2.12. The van der Waals surface area contributed by atoms with Crippen molar-refractivity contribution in [3.05, 3.63) is 80.5 Å². The molecule has 0 fully saturated rings. The van der Waals surface area contributed by atoms with Gasteiger partial charge in [-0.05, 0) is 36.8 Å². The summed E-state index contributed by atoms with van der Waals surface area (Å²) in [4.78, 5) is 30.2. The number of para-hydroxylation sites is 1. The predicted molar refractivity (Wildman–Crippen MR) is 127 cm³/mol. The first-order valence-electron chi connectivity index (χ1n) is 9.62. The summed E-state index contributed by atoms with van der Waals surface area (Å²) in [7, 11) is 0. The van der Waals surface area contributed by atoms with Gasteiger partial charge in [-0.1, -0.05) is 71.6 Å². The normalized spacial score (nSPS) is 11.0. The van der Waals surface area contributed by atoms with E-state index in [9.17, 15) is 9.59 Å². The first kappa shape index (κ1) is 21.5. The monoisotopic (exact) mass is 469 g/mol. The fraction of sp³-hybridized carbons (Fsp3) is 0.182. The molecule has 2 aromatic heterocycles. The van der Waals surface area contributed by atoms with Crippen LogP contribution in [0.25, 0.3) is 16.0 Å². The second-order valence-corrected chi connectivity index (χ2v) is 9.14. The molecular weight excluding hydrogens is 450 g/mol. The number of aromatic nitrogens is 3. The third-order valence-corrected chi connectivity index (χ3v) is 6.82. The van der Waals surface area contributed by atoms with Crippen molar-refractivity contribution in [2.75, 3.05) is 12.4 Å². The Kier molecular flexibility index (Phi) is 6.64. The number of thiazole rings is 1. The van der Waals surface area contributed by atoms with Gasteiger partial charge in [0.25, 0.3) is 5.56 Å². The molecule has 0 aliphatic rings. The average Bonchev–Trinajstić information content (AvgIpc) is 3.09.